The van der Waals surface area contributed by atoms with E-state index < -0.39 is 0 Å². The molecule has 0 saturated carbocycles. The molecule has 0 radical (unpaired) electrons. The van der Waals surface area contributed by atoms with E-state index in [0.717, 1.165) is 29.9 Å². The Labute approximate surface area is 161 Å². The van der Waals surface area contributed by atoms with E-state index in [1.54, 1.807) is 35.5 Å². The summed E-state index contributed by atoms with van der Waals surface area (Å²) in [6, 6.07) is 8.31. The second-order valence-electron chi connectivity index (χ2n) is 6.86. The quantitative estimate of drug-likeness (QED) is 0.750. The Balaban J connectivity index is 2.18. The van der Waals surface area contributed by atoms with Crippen LogP contribution in [-0.4, -0.2) is 35.5 Å². The highest BCUT2D eigenvalue weighted by Crippen LogP contribution is 2.48. The van der Waals surface area contributed by atoms with Gasteiger partial charge in [0.15, 0.2) is 23.0 Å². The number of fused-ring (bicyclic) bond motifs is 1. The minimum absolute atomic E-state index is 0.210. The van der Waals surface area contributed by atoms with E-state index in [-0.39, 0.29) is 5.92 Å². The van der Waals surface area contributed by atoms with Crippen molar-refractivity contribution in [1.82, 2.24) is 0 Å². The molecule has 0 unspecified atom stereocenters. The van der Waals surface area contributed by atoms with Gasteiger partial charge in [-0.2, -0.15) is 0 Å². The minimum atomic E-state index is 0.210. The maximum Gasteiger partial charge on any atom is 0.203 e. The zero-order chi connectivity index (χ0) is 19.6. The SMILES string of the molecule is COc1cc2c(cc1OC)[C@H](c1cc(OC)c(OC)c(OC)c1)[C@@H](C)CC2. The summed E-state index contributed by atoms with van der Waals surface area (Å²) in [5.41, 5.74) is 3.70. The lowest BCUT2D eigenvalue weighted by atomic mass is 9.72. The largest absolute Gasteiger partial charge is 0.493 e. The van der Waals surface area contributed by atoms with E-state index in [0.29, 0.717) is 23.2 Å². The van der Waals surface area contributed by atoms with Gasteiger partial charge >= 0.3 is 0 Å². The van der Waals surface area contributed by atoms with Crippen molar-refractivity contribution in [1.29, 1.82) is 0 Å². The molecule has 0 N–H and O–H groups in total. The van der Waals surface area contributed by atoms with Gasteiger partial charge in [-0.05, 0) is 59.7 Å². The van der Waals surface area contributed by atoms with Gasteiger partial charge in [0.1, 0.15) is 0 Å². The standard InChI is InChI=1S/C22H28O5/c1-13-7-8-14-9-17(23-2)18(24-3)12-16(14)21(13)15-10-19(25-4)22(27-6)20(11-15)26-5/h9-13,21H,7-8H2,1-6H3/t13-,21-/m0/s1. The van der Waals surface area contributed by atoms with Gasteiger partial charge in [0.25, 0.3) is 0 Å². The van der Waals surface area contributed by atoms with Gasteiger partial charge < -0.3 is 23.7 Å². The second kappa shape index (κ2) is 7.99. The van der Waals surface area contributed by atoms with Crippen molar-refractivity contribution >= 4 is 0 Å². The van der Waals surface area contributed by atoms with Gasteiger partial charge in [0.2, 0.25) is 5.75 Å². The second-order valence-corrected chi connectivity index (χ2v) is 6.86. The predicted molar refractivity (Wildman–Crippen MR) is 105 cm³/mol. The number of methoxy groups -OCH3 is 5. The van der Waals surface area contributed by atoms with Gasteiger partial charge in [-0.25, -0.2) is 0 Å². The summed E-state index contributed by atoms with van der Waals surface area (Å²) >= 11 is 0. The molecule has 2 atom stereocenters. The summed E-state index contributed by atoms with van der Waals surface area (Å²) < 4.78 is 27.7. The summed E-state index contributed by atoms with van der Waals surface area (Å²) in [7, 11) is 8.26. The average molecular weight is 372 g/mol. The van der Waals surface area contributed by atoms with Gasteiger partial charge in [-0.3, -0.25) is 0 Å². The molecule has 0 fully saturated rings. The zero-order valence-corrected chi connectivity index (χ0v) is 16.9. The summed E-state index contributed by atoms with van der Waals surface area (Å²) in [6.07, 6.45) is 2.13. The van der Waals surface area contributed by atoms with Crippen molar-refractivity contribution in [2.45, 2.75) is 25.7 Å². The topological polar surface area (TPSA) is 46.2 Å². The number of hydrogen-bond donors (Lipinski definition) is 0. The molecule has 5 heteroatoms. The maximum atomic E-state index is 5.57. The van der Waals surface area contributed by atoms with Crippen LogP contribution in [-0.2, 0) is 6.42 Å². The molecule has 0 amide bonds. The molecule has 146 valence electrons. The van der Waals surface area contributed by atoms with Crippen LogP contribution in [0.25, 0.3) is 0 Å². The Kier molecular flexibility index (Phi) is 5.68. The monoisotopic (exact) mass is 372 g/mol. The van der Waals surface area contributed by atoms with E-state index in [4.69, 9.17) is 23.7 Å². The number of benzene rings is 2. The normalized spacial score (nSPS) is 18.4. The Morgan fingerprint density at radius 1 is 0.704 bits per heavy atom. The third-order valence-corrected chi connectivity index (χ3v) is 5.46. The van der Waals surface area contributed by atoms with Gasteiger partial charge in [0, 0.05) is 5.92 Å². The molecular weight excluding hydrogens is 344 g/mol. The van der Waals surface area contributed by atoms with Crippen LogP contribution in [0.5, 0.6) is 28.7 Å². The molecule has 2 aromatic rings. The molecule has 0 heterocycles. The Morgan fingerprint density at radius 2 is 1.26 bits per heavy atom. The number of rotatable bonds is 6. The van der Waals surface area contributed by atoms with Crippen molar-refractivity contribution in [3.8, 4) is 28.7 Å². The van der Waals surface area contributed by atoms with Crippen LogP contribution < -0.4 is 23.7 Å². The molecule has 0 aliphatic heterocycles. The van der Waals surface area contributed by atoms with Crippen molar-refractivity contribution in [3.63, 3.8) is 0 Å². The number of aryl methyl sites for hydroxylation is 1. The first kappa shape index (κ1) is 19.2. The lowest BCUT2D eigenvalue weighted by Crippen LogP contribution is -2.20. The molecule has 1 aliphatic carbocycles. The smallest absolute Gasteiger partial charge is 0.203 e. The molecule has 2 aromatic carbocycles. The highest BCUT2D eigenvalue weighted by atomic mass is 16.5. The third-order valence-electron chi connectivity index (χ3n) is 5.46. The lowest BCUT2D eigenvalue weighted by molar-refractivity contribution is 0.322. The van der Waals surface area contributed by atoms with E-state index in [9.17, 15) is 0 Å². The zero-order valence-electron chi connectivity index (χ0n) is 16.9. The van der Waals surface area contributed by atoms with Gasteiger partial charge in [0.05, 0.1) is 35.5 Å². The molecule has 0 aromatic heterocycles. The van der Waals surface area contributed by atoms with E-state index in [2.05, 4.69) is 19.1 Å². The minimum Gasteiger partial charge on any atom is -0.493 e. The third kappa shape index (κ3) is 3.38. The Hall–Kier alpha value is -2.56. The summed E-state index contributed by atoms with van der Waals surface area (Å²) in [5.74, 6) is 4.16. The van der Waals surface area contributed by atoms with Crippen LogP contribution in [0.15, 0.2) is 24.3 Å². The van der Waals surface area contributed by atoms with E-state index in [1.165, 1.54) is 11.1 Å². The number of hydrogen-bond acceptors (Lipinski definition) is 5. The first-order valence-electron chi connectivity index (χ1n) is 9.12. The molecule has 0 bridgehead atoms. The van der Waals surface area contributed by atoms with Crippen LogP contribution in [0, 0.1) is 5.92 Å². The summed E-state index contributed by atoms with van der Waals surface area (Å²) in [4.78, 5) is 0. The summed E-state index contributed by atoms with van der Waals surface area (Å²) in [6.45, 7) is 2.29. The highest BCUT2D eigenvalue weighted by Gasteiger charge is 2.31. The molecular formula is C22H28O5. The van der Waals surface area contributed by atoms with E-state index >= 15 is 0 Å². The van der Waals surface area contributed by atoms with Crippen molar-refractivity contribution in [3.05, 3.63) is 41.0 Å². The highest BCUT2D eigenvalue weighted by molar-refractivity contribution is 5.58. The fourth-order valence-corrected chi connectivity index (χ4v) is 4.09. The first-order chi connectivity index (χ1) is 13.1. The fraction of sp³-hybridized carbons (Fsp3) is 0.455. The fourth-order valence-electron chi connectivity index (χ4n) is 4.09. The molecule has 5 nitrogen and oxygen atoms in total. The maximum absolute atomic E-state index is 5.57. The van der Waals surface area contributed by atoms with Crippen LogP contribution in [0.2, 0.25) is 0 Å². The number of ether oxygens (including phenoxy) is 5. The summed E-state index contributed by atoms with van der Waals surface area (Å²) in [5, 5.41) is 0. The first-order valence-corrected chi connectivity index (χ1v) is 9.12. The van der Waals surface area contributed by atoms with Crippen LogP contribution >= 0.6 is 0 Å². The van der Waals surface area contributed by atoms with Crippen LogP contribution in [0.1, 0.15) is 36.0 Å². The molecule has 0 spiro atoms. The predicted octanol–water partition coefficient (Wildman–Crippen LogP) is 4.44. The van der Waals surface area contributed by atoms with E-state index in [1.807, 2.05) is 12.1 Å². The Bertz CT molecular complexity index is 790. The Morgan fingerprint density at radius 3 is 1.78 bits per heavy atom. The molecule has 27 heavy (non-hydrogen) atoms. The molecule has 1 aliphatic rings. The van der Waals surface area contributed by atoms with Gasteiger partial charge in [-0.1, -0.05) is 6.92 Å². The lowest BCUT2D eigenvalue weighted by Gasteiger charge is -2.33. The van der Waals surface area contributed by atoms with Crippen molar-refractivity contribution < 1.29 is 23.7 Å². The van der Waals surface area contributed by atoms with Gasteiger partial charge in [-0.15, -0.1) is 0 Å². The van der Waals surface area contributed by atoms with Crippen LogP contribution in [0.3, 0.4) is 0 Å². The van der Waals surface area contributed by atoms with Crippen molar-refractivity contribution in [2.24, 2.45) is 5.92 Å². The average Bonchev–Trinajstić information content (AvgIpc) is 2.71. The molecule has 0 saturated heterocycles. The molecule has 3 rings (SSSR count). The van der Waals surface area contributed by atoms with Crippen LogP contribution in [0.4, 0.5) is 0 Å². The van der Waals surface area contributed by atoms with Crippen molar-refractivity contribution in [2.75, 3.05) is 35.5 Å².